The molecule has 32 heavy (non-hydrogen) atoms. The zero-order chi connectivity index (χ0) is 22.2. The van der Waals surface area contributed by atoms with Crippen LogP contribution in [-0.4, -0.2) is 27.6 Å². The first-order valence-electron chi connectivity index (χ1n) is 9.34. The highest BCUT2D eigenvalue weighted by molar-refractivity contribution is 7.22. The maximum Gasteiger partial charge on any atom is 0.270 e. The summed E-state index contributed by atoms with van der Waals surface area (Å²) in [6.45, 7) is 0.300. The third-order valence-electron chi connectivity index (χ3n) is 4.80. The van der Waals surface area contributed by atoms with E-state index in [0.717, 1.165) is 10.3 Å². The number of halogens is 1. The molecular formula is C21H13ClN4O5S. The molecule has 160 valence electrons. The first-order chi connectivity index (χ1) is 15.5. The topological polar surface area (TPSA) is 108 Å². The van der Waals surface area contributed by atoms with Crippen molar-refractivity contribution in [3.05, 3.63) is 81.1 Å². The second-order valence-electron chi connectivity index (χ2n) is 6.84. The van der Waals surface area contributed by atoms with Gasteiger partial charge in [0.1, 0.15) is 0 Å². The first kappa shape index (κ1) is 20.2. The van der Waals surface area contributed by atoms with Gasteiger partial charge in [0, 0.05) is 36.7 Å². The molecule has 1 aliphatic heterocycles. The van der Waals surface area contributed by atoms with Crippen molar-refractivity contribution < 1.29 is 19.2 Å². The van der Waals surface area contributed by atoms with E-state index in [1.807, 2.05) is 12.1 Å². The number of nitro groups is 1. The number of nitrogens with zero attached hydrogens (tertiary/aromatic N) is 4. The summed E-state index contributed by atoms with van der Waals surface area (Å²) in [5.41, 5.74) is 1.19. The molecule has 0 bridgehead atoms. The minimum atomic E-state index is -0.572. The van der Waals surface area contributed by atoms with Crippen molar-refractivity contribution >= 4 is 49.9 Å². The molecule has 11 heteroatoms. The van der Waals surface area contributed by atoms with Crippen LogP contribution in [0.25, 0.3) is 10.2 Å². The molecule has 0 unspecified atom stereocenters. The van der Waals surface area contributed by atoms with Gasteiger partial charge in [-0.05, 0) is 17.7 Å². The quantitative estimate of drug-likeness (QED) is 0.305. The Morgan fingerprint density at radius 1 is 1.22 bits per heavy atom. The van der Waals surface area contributed by atoms with E-state index >= 15 is 0 Å². The number of nitro benzene ring substituents is 1. The molecule has 1 aliphatic rings. The Balaban J connectivity index is 1.60. The Morgan fingerprint density at radius 2 is 2.03 bits per heavy atom. The van der Waals surface area contributed by atoms with Crippen LogP contribution in [0, 0.1) is 10.1 Å². The van der Waals surface area contributed by atoms with Crippen LogP contribution in [0.4, 0.5) is 10.8 Å². The number of anilines is 1. The van der Waals surface area contributed by atoms with Crippen LogP contribution in [0.1, 0.15) is 15.9 Å². The number of thiazole rings is 1. The lowest BCUT2D eigenvalue weighted by molar-refractivity contribution is -0.384. The molecule has 3 heterocycles. The Bertz CT molecular complexity index is 1320. The standard InChI is InChI=1S/C21H13ClN4O5S/c22-15-4-3-13(26(28)29)6-14(15)20(27)25(10-12-2-1-5-23-9-12)21-24-16-7-17-18(31-11-30-17)8-19(16)32-21/h1-9H,10-11H2. The van der Waals surface area contributed by atoms with Crippen molar-refractivity contribution in [3.8, 4) is 11.5 Å². The van der Waals surface area contributed by atoms with Gasteiger partial charge in [0.05, 0.1) is 32.3 Å². The van der Waals surface area contributed by atoms with Crippen LogP contribution in [-0.2, 0) is 6.54 Å². The molecule has 0 spiro atoms. The van der Waals surface area contributed by atoms with Crippen LogP contribution in [0.3, 0.4) is 0 Å². The Morgan fingerprint density at radius 3 is 2.78 bits per heavy atom. The van der Waals surface area contributed by atoms with Gasteiger partial charge in [0.2, 0.25) is 6.79 Å². The number of pyridine rings is 1. The maximum absolute atomic E-state index is 13.5. The summed E-state index contributed by atoms with van der Waals surface area (Å²) in [6.07, 6.45) is 3.27. The van der Waals surface area contributed by atoms with Gasteiger partial charge in [-0.2, -0.15) is 0 Å². The van der Waals surface area contributed by atoms with Gasteiger partial charge in [-0.3, -0.25) is 24.8 Å². The molecule has 4 aromatic rings. The van der Waals surface area contributed by atoms with Crippen molar-refractivity contribution in [2.24, 2.45) is 0 Å². The van der Waals surface area contributed by atoms with Crippen LogP contribution in [0.5, 0.6) is 11.5 Å². The van der Waals surface area contributed by atoms with Crippen LogP contribution in [0.2, 0.25) is 5.02 Å². The van der Waals surface area contributed by atoms with Gasteiger partial charge in [-0.1, -0.05) is 29.0 Å². The van der Waals surface area contributed by atoms with Crippen molar-refractivity contribution in [2.75, 3.05) is 11.7 Å². The van der Waals surface area contributed by atoms with Crippen LogP contribution >= 0.6 is 22.9 Å². The van der Waals surface area contributed by atoms with Gasteiger partial charge in [-0.25, -0.2) is 4.98 Å². The number of carbonyl (C=O) groups excluding carboxylic acids is 1. The summed E-state index contributed by atoms with van der Waals surface area (Å²) in [4.78, 5) is 34.3. The largest absolute Gasteiger partial charge is 0.454 e. The van der Waals surface area contributed by atoms with E-state index in [0.29, 0.717) is 22.1 Å². The van der Waals surface area contributed by atoms with Crippen molar-refractivity contribution in [3.63, 3.8) is 0 Å². The van der Waals surface area contributed by atoms with Crippen molar-refractivity contribution in [2.45, 2.75) is 6.54 Å². The smallest absolute Gasteiger partial charge is 0.270 e. The van der Waals surface area contributed by atoms with Gasteiger partial charge in [0.15, 0.2) is 16.6 Å². The summed E-state index contributed by atoms with van der Waals surface area (Å²) < 4.78 is 11.6. The Kier molecular flexibility index (Phi) is 5.08. The van der Waals surface area contributed by atoms with E-state index < -0.39 is 10.8 Å². The molecule has 2 aromatic carbocycles. The summed E-state index contributed by atoms with van der Waals surface area (Å²) >= 11 is 7.54. The van der Waals surface area contributed by atoms with Gasteiger partial charge in [-0.15, -0.1) is 0 Å². The zero-order valence-corrected chi connectivity index (χ0v) is 17.8. The SMILES string of the molecule is O=C(c1cc([N+](=O)[O-])ccc1Cl)N(Cc1cccnc1)c1nc2cc3c(cc2s1)OCO3. The highest BCUT2D eigenvalue weighted by Crippen LogP contribution is 2.40. The maximum atomic E-state index is 13.5. The molecule has 2 aromatic heterocycles. The molecule has 0 saturated heterocycles. The fourth-order valence-corrected chi connectivity index (χ4v) is 4.43. The molecule has 5 rings (SSSR count). The van der Waals surface area contributed by atoms with E-state index in [1.54, 1.807) is 24.5 Å². The molecule has 0 N–H and O–H groups in total. The third kappa shape index (κ3) is 3.70. The molecule has 0 atom stereocenters. The number of rotatable bonds is 5. The molecule has 0 radical (unpaired) electrons. The number of aromatic nitrogens is 2. The minimum Gasteiger partial charge on any atom is -0.454 e. The first-order valence-corrected chi connectivity index (χ1v) is 10.5. The predicted molar refractivity (Wildman–Crippen MR) is 119 cm³/mol. The molecule has 0 saturated carbocycles. The molecule has 0 fully saturated rings. The fourth-order valence-electron chi connectivity index (χ4n) is 3.26. The predicted octanol–water partition coefficient (Wildman–Crippen LogP) is 4.83. The number of carbonyl (C=O) groups is 1. The van der Waals surface area contributed by atoms with Gasteiger partial charge in [0.25, 0.3) is 11.6 Å². The number of fused-ring (bicyclic) bond motifs is 2. The fraction of sp³-hybridized carbons (Fsp3) is 0.0952. The Labute approximate surface area is 190 Å². The number of ether oxygens (including phenoxy) is 2. The zero-order valence-electron chi connectivity index (χ0n) is 16.2. The van der Waals surface area contributed by atoms with Gasteiger partial charge >= 0.3 is 0 Å². The number of hydrogen-bond acceptors (Lipinski definition) is 8. The number of hydrogen-bond donors (Lipinski definition) is 0. The lowest BCUT2D eigenvalue weighted by atomic mass is 10.1. The minimum absolute atomic E-state index is 0.0122. The summed E-state index contributed by atoms with van der Waals surface area (Å²) in [5.74, 6) is 0.683. The summed E-state index contributed by atoms with van der Waals surface area (Å²) in [6, 6.07) is 10.9. The normalized spacial score (nSPS) is 12.2. The second kappa shape index (κ2) is 8.06. The van der Waals surface area contributed by atoms with E-state index in [1.165, 1.54) is 34.4 Å². The molecule has 9 nitrogen and oxygen atoms in total. The summed E-state index contributed by atoms with van der Waals surface area (Å²) in [5, 5.41) is 11.7. The number of amides is 1. The molecule has 1 amide bonds. The second-order valence-corrected chi connectivity index (χ2v) is 8.26. The highest BCUT2D eigenvalue weighted by Gasteiger charge is 2.26. The monoisotopic (exact) mass is 468 g/mol. The summed E-state index contributed by atoms with van der Waals surface area (Å²) in [7, 11) is 0. The molecule has 0 aliphatic carbocycles. The van der Waals surface area contributed by atoms with Crippen LogP contribution in [0.15, 0.2) is 54.9 Å². The number of non-ortho nitro benzene ring substituents is 1. The molecular weight excluding hydrogens is 456 g/mol. The number of benzene rings is 2. The Hall–Kier alpha value is -3.76. The van der Waals surface area contributed by atoms with Crippen molar-refractivity contribution in [1.29, 1.82) is 0 Å². The van der Waals surface area contributed by atoms with E-state index in [-0.39, 0.29) is 29.6 Å². The van der Waals surface area contributed by atoms with E-state index in [9.17, 15) is 14.9 Å². The lowest BCUT2D eigenvalue weighted by Gasteiger charge is -2.20. The van der Waals surface area contributed by atoms with Crippen molar-refractivity contribution in [1.82, 2.24) is 9.97 Å². The third-order valence-corrected chi connectivity index (χ3v) is 6.17. The van der Waals surface area contributed by atoms with E-state index in [2.05, 4.69) is 9.97 Å². The average Bonchev–Trinajstić information content (AvgIpc) is 3.42. The van der Waals surface area contributed by atoms with E-state index in [4.69, 9.17) is 21.1 Å². The van der Waals surface area contributed by atoms with Gasteiger partial charge < -0.3 is 9.47 Å². The average molecular weight is 469 g/mol. The van der Waals surface area contributed by atoms with Crippen LogP contribution < -0.4 is 14.4 Å². The lowest BCUT2D eigenvalue weighted by Crippen LogP contribution is -2.30. The highest BCUT2D eigenvalue weighted by atomic mass is 35.5.